The molecule has 8 nitrogen and oxygen atoms in total. The fraction of sp³-hybridized carbons (Fsp3) is 0.360. The number of rotatable bonds is 7. The van der Waals surface area contributed by atoms with Crippen LogP contribution in [0.25, 0.3) is 21.3 Å². The van der Waals surface area contributed by atoms with Gasteiger partial charge >= 0.3 is 0 Å². The molecule has 3 heterocycles. The van der Waals surface area contributed by atoms with Gasteiger partial charge in [-0.3, -0.25) is 4.98 Å². The van der Waals surface area contributed by atoms with Crippen LogP contribution in [0.1, 0.15) is 39.5 Å². The first-order valence-corrected chi connectivity index (χ1v) is 12.4. The zero-order valence-corrected chi connectivity index (χ0v) is 20.0. The Morgan fingerprint density at radius 3 is 2.71 bits per heavy atom. The van der Waals surface area contributed by atoms with Crippen molar-refractivity contribution in [2.24, 2.45) is 0 Å². The Morgan fingerprint density at radius 1 is 1.03 bits per heavy atom. The molecule has 1 fully saturated rings. The van der Waals surface area contributed by atoms with Crippen molar-refractivity contribution < 1.29 is 9.84 Å². The number of pyridine rings is 1. The zero-order chi connectivity index (χ0) is 23.5. The van der Waals surface area contributed by atoms with Crippen molar-refractivity contribution in [1.82, 2.24) is 19.9 Å². The minimum absolute atomic E-state index is 0.0998. The van der Waals surface area contributed by atoms with Crippen LogP contribution in [0.4, 0.5) is 16.9 Å². The summed E-state index contributed by atoms with van der Waals surface area (Å²) >= 11 is 1.58. The SMILES string of the molecule is CC(C)Oc1cncc(-c2ccc3nc(Nc4ccnc(N[C@H]5CC[C@H](O)CC5)n4)sc3c2)c1. The van der Waals surface area contributed by atoms with Crippen LogP contribution in [-0.4, -0.2) is 43.3 Å². The molecule has 176 valence electrons. The van der Waals surface area contributed by atoms with Gasteiger partial charge in [0.05, 0.1) is 28.6 Å². The smallest absolute Gasteiger partial charge is 0.224 e. The highest BCUT2D eigenvalue weighted by Gasteiger charge is 2.20. The second-order valence-corrected chi connectivity index (χ2v) is 9.85. The number of thiazole rings is 1. The maximum atomic E-state index is 9.70. The molecule has 4 aromatic rings. The number of nitrogens with zero attached hydrogens (tertiary/aromatic N) is 4. The summed E-state index contributed by atoms with van der Waals surface area (Å²) in [5.41, 5.74) is 2.99. The van der Waals surface area contributed by atoms with Gasteiger partial charge in [-0.25, -0.2) is 9.97 Å². The average Bonchev–Trinajstić information content (AvgIpc) is 3.22. The van der Waals surface area contributed by atoms with E-state index in [4.69, 9.17) is 9.72 Å². The van der Waals surface area contributed by atoms with E-state index in [1.54, 1.807) is 23.7 Å². The fourth-order valence-electron chi connectivity index (χ4n) is 4.08. The summed E-state index contributed by atoms with van der Waals surface area (Å²) in [6.45, 7) is 4.01. The number of ether oxygens (including phenoxy) is 1. The summed E-state index contributed by atoms with van der Waals surface area (Å²) in [5, 5.41) is 17.2. The molecule has 0 saturated heterocycles. The topological polar surface area (TPSA) is 105 Å². The van der Waals surface area contributed by atoms with E-state index in [2.05, 4.69) is 37.7 Å². The molecule has 1 aromatic carbocycles. The highest BCUT2D eigenvalue weighted by Crippen LogP contribution is 2.32. The van der Waals surface area contributed by atoms with Gasteiger partial charge in [-0.05, 0) is 69.4 Å². The molecule has 1 saturated carbocycles. The van der Waals surface area contributed by atoms with E-state index >= 15 is 0 Å². The molecule has 3 aromatic heterocycles. The van der Waals surface area contributed by atoms with Gasteiger partial charge in [0.2, 0.25) is 5.95 Å². The van der Waals surface area contributed by atoms with Gasteiger partial charge in [0.25, 0.3) is 0 Å². The standard InChI is InChI=1S/C25H28N6O2S/c1-15(2)33-20-11-17(13-26-14-20)16-3-8-21-22(12-16)34-25(29-21)31-23-9-10-27-24(30-23)28-18-4-6-19(32)7-5-18/h3,8-15,18-19,32H,4-7H2,1-2H3,(H2,27,28,29,30,31)/t18-,19-. The largest absolute Gasteiger partial charge is 0.489 e. The summed E-state index contributed by atoms with van der Waals surface area (Å²) in [4.78, 5) is 18.0. The zero-order valence-electron chi connectivity index (χ0n) is 19.2. The van der Waals surface area contributed by atoms with Crippen molar-refractivity contribution in [3.8, 4) is 16.9 Å². The first-order valence-electron chi connectivity index (χ1n) is 11.6. The highest BCUT2D eigenvalue weighted by atomic mass is 32.1. The molecular formula is C25H28N6O2S. The lowest BCUT2D eigenvalue weighted by Crippen LogP contribution is -2.28. The summed E-state index contributed by atoms with van der Waals surface area (Å²) in [6, 6.07) is 10.3. The number of aliphatic hydroxyl groups is 1. The van der Waals surface area contributed by atoms with Gasteiger partial charge < -0.3 is 20.5 Å². The number of hydrogen-bond acceptors (Lipinski definition) is 9. The molecule has 1 aliphatic rings. The summed E-state index contributed by atoms with van der Waals surface area (Å²) in [7, 11) is 0. The molecule has 9 heteroatoms. The number of hydrogen-bond donors (Lipinski definition) is 3. The van der Waals surface area contributed by atoms with E-state index in [1.807, 2.05) is 38.2 Å². The third kappa shape index (κ3) is 5.43. The summed E-state index contributed by atoms with van der Waals surface area (Å²) in [6.07, 6.45) is 8.70. The van der Waals surface area contributed by atoms with Crippen molar-refractivity contribution in [1.29, 1.82) is 0 Å². The van der Waals surface area contributed by atoms with E-state index in [1.165, 1.54) is 0 Å². The monoisotopic (exact) mass is 476 g/mol. The number of benzene rings is 1. The van der Waals surface area contributed by atoms with E-state index < -0.39 is 0 Å². The molecular weight excluding hydrogens is 448 g/mol. The number of nitrogens with one attached hydrogen (secondary N) is 2. The molecule has 1 aliphatic carbocycles. The van der Waals surface area contributed by atoms with Gasteiger partial charge in [0.15, 0.2) is 5.13 Å². The lowest BCUT2D eigenvalue weighted by molar-refractivity contribution is 0.126. The first kappa shape index (κ1) is 22.5. The molecule has 0 aliphatic heterocycles. The lowest BCUT2D eigenvalue weighted by Gasteiger charge is -2.26. The number of fused-ring (bicyclic) bond motifs is 1. The third-order valence-electron chi connectivity index (χ3n) is 5.73. The molecule has 0 amide bonds. The molecule has 3 N–H and O–H groups in total. The maximum absolute atomic E-state index is 9.70. The molecule has 0 radical (unpaired) electrons. The van der Waals surface area contributed by atoms with E-state index in [9.17, 15) is 5.11 Å². The van der Waals surface area contributed by atoms with E-state index in [-0.39, 0.29) is 12.2 Å². The summed E-state index contributed by atoms with van der Waals surface area (Å²) < 4.78 is 6.86. The molecule has 0 bridgehead atoms. The quantitative estimate of drug-likeness (QED) is 0.326. The van der Waals surface area contributed by atoms with E-state index in [0.29, 0.717) is 17.8 Å². The van der Waals surface area contributed by atoms with Gasteiger partial charge in [0, 0.05) is 24.0 Å². The van der Waals surface area contributed by atoms with Crippen LogP contribution in [0.3, 0.4) is 0 Å². The van der Waals surface area contributed by atoms with Gasteiger partial charge in [0.1, 0.15) is 11.6 Å². The molecule has 0 spiro atoms. The Balaban J connectivity index is 1.31. The molecule has 0 atom stereocenters. The van der Waals surface area contributed by atoms with E-state index in [0.717, 1.165) is 57.9 Å². The van der Waals surface area contributed by atoms with Gasteiger partial charge in [-0.15, -0.1) is 0 Å². The second-order valence-electron chi connectivity index (χ2n) is 8.82. The second kappa shape index (κ2) is 9.90. The normalized spacial score (nSPS) is 18.2. The number of aromatic nitrogens is 4. The Bertz CT molecular complexity index is 1270. The Hall–Kier alpha value is -3.30. The highest BCUT2D eigenvalue weighted by molar-refractivity contribution is 7.22. The molecule has 0 unspecified atom stereocenters. The van der Waals surface area contributed by atoms with Crippen LogP contribution in [0.5, 0.6) is 5.75 Å². The molecule has 5 rings (SSSR count). The number of anilines is 3. The van der Waals surface area contributed by atoms with Crippen molar-refractivity contribution in [2.45, 2.75) is 57.8 Å². The van der Waals surface area contributed by atoms with Crippen molar-refractivity contribution in [2.75, 3.05) is 10.6 Å². The van der Waals surface area contributed by atoms with Crippen LogP contribution in [0, 0.1) is 0 Å². The number of aliphatic hydroxyl groups excluding tert-OH is 1. The maximum Gasteiger partial charge on any atom is 0.224 e. The van der Waals surface area contributed by atoms with Crippen LogP contribution in [0.2, 0.25) is 0 Å². The van der Waals surface area contributed by atoms with Crippen LogP contribution in [0.15, 0.2) is 48.9 Å². The Morgan fingerprint density at radius 2 is 1.88 bits per heavy atom. The van der Waals surface area contributed by atoms with Crippen LogP contribution < -0.4 is 15.4 Å². The van der Waals surface area contributed by atoms with Crippen molar-refractivity contribution >= 4 is 38.5 Å². The van der Waals surface area contributed by atoms with Crippen molar-refractivity contribution in [3.63, 3.8) is 0 Å². The minimum Gasteiger partial charge on any atom is -0.489 e. The van der Waals surface area contributed by atoms with Crippen LogP contribution in [-0.2, 0) is 0 Å². The minimum atomic E-state index is -0.180. The van der Waals surface area contributed by atoms with Gasteiger partial charge in [-0.1, -0.05) is 17.4 Å². The lowest BCUT2D eigenvalue weighted by atomic mass is 9.93. The predicted octanol–water partition coefficient (Wildman–Crippen LogP) is 5.39. The Kier molecular flexibility index (Phi) is 6.55. The van der Waals surface area contributed by atoms with Crippen molar-refractivity contribution in [3.05, 3.63) is 48.9 Å². The third-order valence-corrected chi connectivity index (χ3v) is 6.66. The first-order chi connectivity index (χ1) is 16.5. The Labute approximate surface area is 202 Å². The summed E-state index contributed by atoms with van der Waals surface area (Å²) in [5.74, 6) is 2.04. The van der Waals surface area contributed by atoms with Gasteiger partial charge in [-0.2, -0.15) is 4.98 Å². The average molecular weight is 477 g/mol. The van der Waals surface area contributed by atoms with Crippen LogP contribution >= 0.6 is 11.3 Å². The predicted molar refractivity (Wildman–Crippen MR) is 136 cm³/mol. The molecule has 34 heavy (non-hydrogen) atoms. The fourth-order valence-corrected chi connectivity index (χ4v) is 4.99.